The summed E-state index contributed by atoms with van der Waals surface area (Å²) in [6.07, 6.45) is 0. The predicted octanol–water partition coefficient (Wildman–Crippen LogP) is 0.395. The molecule has 0 bridgehead atoms. The zero-order chi connectivity index (χ0) is 18.0. The maximum Gasteiger partial charge on any atom is 0.269 e. The fourth-order valence-corrected chi connectivity index (χ4v) is 4.42. The van der Waals surface area contributed by atoms with Gasteiger partial charge in [0.25, 0.3) is 5.91 Å². The highest BCUT2D eigenvalue weighted by molar-refractivity contribution is 7.89. The van der Waals surface area contributed by atoms with Gasteiger partial charge in [-0.25, -0.2) is 8.42 Å². The molecular weight excluding hydrogens is 342 g/mol. The number of primary amides is 1. The van der Waals surface area contributed by atoms with Crippen LogP contribution in [0.1, 0.15) is 16.1 Å². The summed E-state index contributed by atoms with van der Waals surface area (Å²) in [7, 11) is -3.51. The summed E-state index contributed by atoms with van der Waals surface area (Å²) < 4.78 is 27.1. The fourth-order valence-electron chi connectivity index (χ4n) is 2.77. The number of aryl methyl sites for hydroxylation is 1. The van der Waals surface area contributed by atoms with E-state index in [1.54, 1.807) is 31.2 Å². The summed E-state index contributed by atoms with van der Waals surface area (Å²) in [5, 5.41) is 7.77. The van der Waals surface area contributed by atoms with E-state index in [2.05, 4.69) is 10.2 Å². The van der Waals surface area contributed by atoms with Gasteiger partial charge in [0.1, 0.15) is 0 Å². The summed E-state index contributed by atoms with van der Waals surface area (Å²) in [5.41, 5.74) is 5.98. The summed E-state index contributed by atoms with van der Waals surface area (Å²) in [6.45, 7) is 3.50. The molecule has 1 saturated heterocycles. The van der Waals surface area contributed by atoms with Gasteiger partial charge in [-0.2, -0.15) is 4.31 Å². The van der Waals surface area contributed by atoms with Crippen molar-refractivity contribution >= 4 is 21.7 Å². The van der Waals surface area contributed by atoms with Gasteiger partial charge in [-0.3, -0.25) is 4.79 Å². The molecule has 132 valence electrons. The lowest BCUT2D eigenvalue weighted by Gasteiger charge is -2.34. The number of aromatic nitrogens is 2. The van der Waals surface area contributed by atoms with Crippen LogP contribution in [0.4, 0.5) is 5.82 Å². The SMILES string of the molecule is Cc1ccccc1S(=O)(=O)N1CCN(c2ccc(C(N)=O)nn2)CC1. The molecule has 1 aliphatic heterocycles. The fraction of sp³-hybridized carbons (Fsp3) is 0.312. The predicted molar refractivity (Wildman–Crippen MR) is 92.7 cm³/mol. The summed E-state index contributed by atoms with van der Waals surface area (Å²) in [4.78, 5) is 13.3. The van der Waals surface area contributed by atoms with Gasteiger partial charge in [-0.1, -0.05) is 18.2 Å². The smallest absolute Gasteiger partial charge is 0.269 e. The number of rotatable bonds is 4. The Morgan fingerprint density at radius 3 is 2.28 bits per heavy atom. The van der Waals surface area contributed by atoms with Crippen LogP contribution in [0.5, 0.6) is 0 Å². The van der Waals surface area contributed by atoms with E-state index in [4.69, 9.17) is 5.73 Å². The number of hydrogen-bond donors (Lipinski definition) is 1. The van der Waals surface area contributed by atoms with E-state index >= 15 is 0 Å². The van der Waals surface area contributed by atoms with Gasteiger partial charge in [0.15, 0.2) is 11.5 Å². The molecule has 0 radical (unpaired) electrons. The first kappa shape index (κ1) is 17.3. The largest absolute Gasteiger partial charge is 0.364 e. The van der Waals surface area contributed by atoms with Crippen LogP contribution >= 0.6 is 0 Å². The Bertz CT molecular complexity index is 875. The zero-order valence-corrected chi connectivity index (χ0v) is 14.6. The summed E-state index contributed by atoms with van der Waals surface area (Å²) in [5.74, 6) is -0.0360. The van der Waals surface area contributed by atoms with Gasteiger partial charge in [0.05, 0.1) is 4.90 Å². The third kappa shape index (κ3) is 3.47. The number of sulfonamides is 1. The first-order chi connectivity index (χ1) is 11.9. The number of nitrogens with zero attached hydrogens (tertiary/aromatic N) is 4. The number of benzene rings is 1. The standard InChI is InChI=1S/C16H19N5O3S/c1-12-4-2-3-5-14(12)25(23,24)21-10-8-20(9-11-21)15-7-6-13(16(17)22)18-19-15/h2-7H,8-11H2,1H3,(H2,17,22). The van der Waals surface area contributed by atoms with E-state index in [-0.39, 0.29) is 5.69 Å². The molecule has 0 aliphatic carbocycles. The molecule has 8 nitrogen and oxygen atoms in total. The average Bonchev–Trinajstić information content (AvgIpc) is 2.62. The zero-order valence-electron chi connectivity index (χ0n) is 13.8. The minimum Gasteiger partial charge on any atom is -0.364 e. The van der Waals surface area contributed by atoms with Crippen LogP contribution in [-0.4, -0.2) is 55.0 Å². The van der Waals surface area contributed by atoms with Gasteiger partial charge in [0.2, 0.25) is 10.0 Å². The molecule has 1 aromatic carbocycles. The average molecular weight is 361 g/mol. The first-order valence-corrected chi connectivity index (χ1v) is 9.28. The molecule has 1 fully saturated rings. The van der Waals surface area contributed by atoms with Crippen molar-refractivity contribution in [2.45, 2.75) is 11.8 Å². The minimum absolute atomic E-state index is 0.101. The quantitative estimate of drug-likeness (QED) is 0.844. The van der Waals surface area contributed by atoms with E-state index < -0.39 is 15.9 Å². The van der Waals surface area contributed by atoms with E-state index in [0.717, 1.165) is 5.56 Å². The molecule has 0 spiro atoms. The molecule has 0 saturated carbocycles. The van der Waals surface area contributed by atoms with Crippen LogP contribution in [0.25, 0.3) is 0 Å². The van der Waals surface area contributed by atoms with Crippen LogP contribution in [-0.2, 0) is 10.0 Å². The van der Waals surface area contributed by atoms with Crippen molar-refractivity contribution in [1.29, 1.82) is 0 Å². The molecule has 1 amide bonds. The highest BCUT2D eigenvalue weighted by Gasteiger charge is 2.29. The lowest BCUT2D eigenvalue weighted by atomic mass is 10.2. The number of hydrogen-bond acceptors (Lipinski definition) is 6. The van der Waals surface area contributed by atoms with Crippen molar-refractivity contribution in [1.82, 2.24) is 14.5 Å². The number of piperazine rings is 1. The molecule has 0 unspecified atom stereocenters. The normalized spacial score (nSPS) is 16.0. The Labute approximate surface area is 146 Å². The molecular formula is C16H19N5O3S. The number of anilines is 1. The molecule has 1 aromatic heterocycles. The second-order valence-corrected chi connectivity index (χ2v) is 7.70. The van der Waals surface area contributed by atoms with Gasteiger partial charge in [0, 0.05) is 26.2 Å². The van der Waals surface area contributed by atoms with E-state index in [0.29, 0.717) is 36.9 Å². The van der Waals surface area contributed by atoms with Crippen LogP contribution in [0.3, 0.4) is 0 Å². The Balaban J connectivity index is 1.71. The molecule has 2 N–H and O–H groups in total. The molecule has 9 heteroatoms. The Morgan fingerprint density at radius 1 is 1.04 bits per heavy atom. The second-order valence-electron chi connectivity index (χ2n) is 5.80. The number of nitrogens with two attached hydrogens (primary N) is 1. The molecule has 0 atom stereocenters. The molecule has 2 heterocycles. The second kappa shape index (κ2) is 6.77. The van der Waals surface area contributed by atoms with Gasteiger partial charge in [-0.05, 0) is 30.7 Å². The van der Waals surface area contributed by atoms with Crippen molar-refractivity contribution in [3.63, 3.8) is 0 Å². The van der Waals surface area contributed by atoms with Crippen molar-refractivity contribution < 1.29 is 13.2 Å². The van der Waals surface area contributed by atoms with E-state index in [9.17, 15) is 13.2 Å². The monoisotopic (exact) mass is 361 g/mol. The Morgan fingerprint density at radius 2 is 1.72 bits per heavy atom. The molecule has 2 aromatic rings. The van der Waals surface area contributed by atoms with Crippen molar-refractivity contribution in [3.05, 3.63) is 47.7 Å². The highest BCUT2D eigenvalue weighted by atomic mass is 32.2. The van der Waals surface area contributed by atoms with Crippen LogP contribution in [0, 0.1) is 6.92 Å². The molecule has 3 rings (SSSR count). The maximum atomic E-state index is 12.8. The Hall–Kier alpha value is -2.52. The van der Waals surface area contributed by atoms with Crippen molar-refractivity contribution in [3.8, 4) is 0 Å². The molecule has 1 aliphatic rings. The van der Waals surface area contributed by atoms with Gasteiger partial charge >= 0.3 is 0 Å². The van der Waals surface area contributed by atoms with Crippen molar-refractivity contribution in [2.24, 2.45) is 5.73 Å². The van der Waals surface area contributed by atoms with Crippen LogP contribution < -0.4 is 10.6 Å². The maximum absolute atomic E-state index is 12.8. The lowest BCUT2D eigenvalue weighted by molar-refractivity contribution is 0.0994. The highest BCUT2D eigenvalue weighted by Crippen LogP contribution is 2.22. The van der Waals surface area contributed by atoms with Gasteiger partial charge in [-0.15, -0.1) is 10.2 Å². The number of carbonyl (C=O) groups excluding carboxylic acids is 1. The third-order valence-electron chi connectivity index (χ3n) is 4.18. The van der Waals surface area contributed by atoms with Crippen LogP contribution in [0.15, 0.2) is 41.3 Å². The molecule has 25 heavy (non-hydrogen) atoms. The Kier molecular flexibility index (Phi) is 4.69. The topological polar surface area (TPSA) is 109 Å². The van der Waals surface area contributed by atoms with E-state index in [1.807, 2.05) is 11.0 Å². The van der Waals surface area contributed by atoms with E-state index in [1.165, 1.54) is 10.4 Å². The minimum atomic E-state index is -3.51. The first-order valence-electron chi connectivity index (χ1n) is 7.84. The van der Waals surface area contributed by atoms with Crippen molar-refractivity contribution in [2.75, 3.05) is 31.1 Å². The van der Waals surface area contributed by atoms with Crippen LogP contribution in [0.2, 0.25) is 0 Å². The third-order valence-corrected chi connectivity index (χ3v) is 6.24. The number of amides is 1. The summed E-state index contributed by atoms with van der Waals surface area (Å²) in [6, 6.07) is 10.1. The summed E-state index contributed by atoms with van der Waals surface area (Å²) >= 11 is 0. The number of carbonyl (C=O) groups is 1. The van der Waals surface area contributed by atoms with Gasteiger partial charge < -0.3 is 10.6 Å². The lowest BCUT2D eigenvalue weighted by Crippen LogP contribution is -2.49.